The summed E-state index contributed by atoms with van der Waals surface area (Å²) in [4.78, 5) is 18.7. The summed E-state index contributed by atoms with van der Waals surface area (Å²) in [5.74, 6) is 1.43. The van der Waals surface area contributed by atoms with Gasteiger partial charge in [0.25, 0.3) is 5.91 Å². The molecule has 0 radical (unpaired) electrons. The Hall–Kier alpha value is -2.60. The summed E-state index contributed by atoms with van der Waals surface area (Å²) in [6, 6.07) is 11.2. The molecule has 1 aliphatic heterocycles. The van der Waals surface area contributed by atoms with Gasteiger partial charge in [-0.05, 0) is 42.8 Å². The fourth-order valence-corrected chi connectivity index (χ4v) is 2.90. The Morgan fingerprint density at radius 2 is 2.00 bits per heavy atom. The molecule has 1 aliphatic rings. The minimum absolute atomic E-state index is 0.0149. The first-order chi connectivity index (χ1) is 12.3. The van der Waals surface area contributed by atoms with Crippen molar-refractivity contribution in [2.24, 2.45) is 0 Å². The normalized spacial score (nSPS) is 17.2. The van der Waals surface area contributed by atoms with Crippen LogP contribution < -0.4 is 14.8 Å². The molecule has 1 N–H and O–H groups in total. The molecule has 0 aliphatic carbocycles. The fraction of sp³-hybridized carbons (Fsp3) is 0.368. The van der Waals surface area contributed by atoms with E-state index in [2.05, 4.69) is 10.3 Å². The van der Waals surface area contributed by atoms with Crippen molar-refractivity contribution >= 4 is 5.91 Å². The summed E-state index contributed by atoms with van der Waals surface area (Å²) in [7, 11) is 0. The quantitative estimate of drug-likeness (QED) is 0.871. The Morgan fingerprint density at radius 3 is 2.68 bits per heavy atom. The first kappa shape index (κ1) is 17.2. The van der Waals surface area contributed by atoms with Gasteiger partial charge in [-0.2, -0.15) is 0 Å². The summed E-state index contributed by atoms with van der Waals surface area (Å²) >= 11 is 0. The van der Waals surface area contributed by atoms with E-state index in [4.69, 9.17) is 9.47 Å². The summed E-state index contributed by atoms with van der Waals surface area (Å²) < 4.78 is 11.1. The van der Waals surface area contributed by atoms with Crippen LogP contribution in [0, 0.1) is 0 Å². The van der Waals surface area contributed by atoms with Crippen LogP contribution in [0.2, 0.25) is 0 Å². The number of hydrogen-bond acceptors (Lipinski definition) is 5. The van der Waals surface area contributed by atoms with Gasteiger partial charge in [0.2, 0.25) is 0 Å². The molecule has 1 saturated heterocycles. The van der Waals surface area contributed by atoms with Crippen molar-refractivity contribution in [1.29, 1.82) is 0 Å². The van der Waals surface area contributed by atoms with Gasteiger partial charge in [0.15, 0.2) is 6.61 Å². The molecule has 0 bridgehead atoms. The molecule has 1 aromatic heterocycles. The third kappa shape index (κ3) is 4.48. The van der Waals surface area contributed by atoms with Gasteiger partial charge < -0.3 is 19.7 Å². The molecule has 3 rings (SSSR count). The average Bonchev–Trinajstić information content (AvgIpc) is 2.68. The van der Waals surface area contributed by atoms with E-state index in [0.29, 0.717) is 18.9 Å². The SMILES string of the molecule is CCOc1ccc(OCC(=O)N2CCNCC2c2cccnc2)cc1. The van der Waals surface area contributed by atoms with Gasteiger partial charge in [0.1, 0.15) is 11.5 Å². The highest BCUT2D eigenvalue weighted by Crippen LogP contribution is 2.22. The first-order valence-electron chi connectivity index (χ1n) is 8.53. The van der Waals surface area contributed by atoms with Gasteiger partial charge in [-0.15, -0.1) is 0 Å². The summed E-state index contributed by atoms with van der Waals surface area (Å²) in [5.41, 5.74) is 1.03. The number of amides is 1. The van der Waals surface area contributed by atoms with E-state index in [0.717, 1.165) is 24.4 Å². The van der Waals surface area contributed by atoms with E-state index in [1.165, 1.54) is 0 Å². The molecule has 1 unspecified atom stereocenters. The van der Waals surface area contributed by atoms with Crippen LogP contribution in [0.1, 0.15) is 18.5 Å². The second kappa shape index (κ2) is 8.48. The highest BCUT2D eigenvalue weighted by Gasteiger charge is 2.28. The number of nitrogens with one attached hydrogen (secondary N) is 1. The molecule has 1 aromatic carbocycles. The van der Waals surface area contributed by atoms with Crippen LogP contribution in [0.25, 0.3) is 0 Å². The van der Waals surface area contributed by atoms with Crippen molar-refractivity contribution in [1.82, 2.24) is 15.2 Å². The maximum absolute atomic E-state index is 12.7. The maximum atomic E-state index is 12.7. The molecule has 132 valence electrons. The second-order valence-corrected chi connectivity index (χ2v) is 5.79. The lowest BCUT2D eigenvalue weighted by Crippen LogP contribution is -2.50. The summed E-state index contributed by atoms with van der Waals surface area (Å²) in [5, 5.41) is 3.33. The van der Waals surface area contributed by atoms with E-state index in [9.17, 15) is 4.79 Å². The van der Waals surface area contributed by atoms with Crippen molar-refractivity contribution in [3.63, 3.8) is 0 Å². The predicted molar refractivity (Wildman–Crippen MR) is 94.7 cm³/mol. The zero-order chi connectivity index (χ0) is 17.5. The van der Waals surface area contributed by atoms with Gasteiger partial charge in [-0.1, -0.05) is 6.07 Å². The summed E-state index contributed by atoms with van der Waals surface area (Å²) in [6.45, 7) is 4.74. The molecule has 6 heteroatoms. The Balaban J connectivity index is 1.61. The number of rotatable bonds is 6. The number of carbonyl (C=O) groups excluding carboxylic acids is 1. The number of nitrogens with zero attached hydrogens (tertiary/aromatic N) is 2. The third-order valence-electron chi connectivity index (χ3n) is 4.13. The molecule has 0 saturated carbocycles. The van der Waals surface area contributed by atoms with Crippen LogP contribution in [0.5, 0.6) is 11.5 Å². The number of hydrogen-bond donors (Lipinski definition) is 1. The minimum atomic E-state index is -0.0239. The molecule has 1 fully saturated rings. The highest BCUT2D eigenvalue weighted by atomic mass is 16.5. The van der Waals surface area contributed by atoms with Crippen molar-refractivity contribution in [3.8, 4) is 11.5 Å². The lowest BCUT2D eigenvalue weighted by atomic mass is 10.1. The lowest BCUT2D eigenvalue weighted by molar-refractivity contribution is -0.136. The van der Waals surface area contributed by atoms with E-state index in [1.807, 2.05) is 54.4 Å². The van der Waals surface area contributed by atoms with Gasteiger partial charge in [-0.3, -0.25) is 9.78 Å². The van der Waals surface area contributed by atoms with Gasteiger partial charge in [-0.25, -0.2) is 0 Å². The third-order valence-corrected chi connectivity index (χ3v) is 4.13. The smallest absolute Gasteiger partial charge is 0.261 e. The van der Waals surface area contributed by atoms with Gasteiger partial charge in [0.05, 0.1) is 12.6 Å². The number of carbonyl (C=O) groups is 1. The second-order valence-electron chi connectivity index (χ2n) is 5.79. The van der Waals surface area contributed by atoms with E-state index in [-0.39, 0.29) is 18.6 Å². The topological polar surface area (TPSA) is 63.7 Å². The largest absolute Gasteiger partial charge is 0.494 e. The molecule has 0 spiro atoms. The van der Waals surface area contributed by atoms with Crippen LogP contribution >= 0.6 is 0 Å². The predicted octanol–water partition coefficient (Wildman–Crippen LogP) is 2.03. The molecule has 1 atom stereocenters. The van der Waals surface area contributed by atoms with Crippen molar-refractivity contribution < 1.29 is 14.3 Å². The van der Waals surface area contributed by atoms with Crippen molar-refractivity contribution in [3.05, 3.63) is 54.4 Å². The van der Waals surface area contributed by atoms with Crippen LogP contribution in [-0.4, -0.2) is 48.6 Å². The molecular weight excluding hydrogens is 318 g/mol. The van der Waals surface area contributed by atoms with E-state index in [1.54, 1.807) is 6.20 Å². The Labute approximate surface area is 147 Å². The number of aromatic nitrogens is 1. The van der Waals surface area contributed by atoms with Crippen LogP contribution in [-0.2, 0) is 4.79 Å². The number of pyridine rings is 1. The minimum Gasteiger partial charge on any atom is -0.494 e. The van der Waals surface area contributed by atoms with Crippen LogP contribution in [0.3, 0.4) is 0 Å². The molecule has 2 aromatic rings. The van der Waals surface area contributed by atoms with Crippen molar-refractivity contribution in [2.75, 3.05) is 32.8 Å². The molecular formula is C19H23N3O3. The first-order valence-corrected chi connectivity index (χ1v) is 8.53. The van der Waals surface area contributed by atoms with Crippen molar-refractivity contribution in [2.45, 2.75) is 13.0 Å². The van der Waals surface area contributed by atoms with E-state index < -0.39 is 0 Å². The maximum Gasteiger partial charge on any atom is 0.261 e. The number of ether oxygens (including phenoxy) is 2. The monoisotopic (exact) mass is 341 g/mol. The molecule has 2 heterocycles. The number of benzene rings is 1. The standard InChI is InChI=1S/C19H23N3O3/c1-2-24-16-5-7-17(8-6-16)25-14-19(23)22-11-10-21-13-18(22)15-4-3-9-20-12-15/h3-9,12,18,21H,2,10-11,13-14H2,1H3. The molecule has 1 amide bonds. The van der Waals surface area contributed by atoms with Crippen LogP contribution in [0.4, 0.5) is 0 Å². The van der Waals surface area contributed by atoms with Crippen LogP contribution in [0.15, 0.2) is 48.8 Å². The van der Waals surface area contributed by atoms with Gasteiger partial charge in [0, 0.05) is 32.0 Å². The molecule has 6 nitrogen and oxygen atoms in total. The average molecular weight is 341 g/mol. The zero-order valence-corrected chi connectivity index (χ0v) is 14.4. The Bertz CT molecular complexity index is 676. The molecule has 25 heavy (non-hydrogen) atoms. The summed E-state index contributed by atoms with van der Waals surface area (Å²) in [6.07, 6.45) is 3.55. The highest BCUT2D eigenvalue weighted by molar-refractivity contribution is 5.78. The zero-order valence-electron chi connectivity index (χ0n) is 14.4. The van der Waals surface area contributed by atoms with Gasteiger partial charge >= 0.3 is 0 Å². The lowest BCUT2D eigenvalue weighted by Gasteiger charge is -2.36. The Morgan fingerprint density at radius 1 is 1.24 bits per heavy atom. The number of piperazine rings is 1. The van der Waals surface area contributed by atoms with E-state index >= 15 is 0 Å². The fourth-order valence-electron chi connectivity index (χ4n) is 2.90. The Kier molecular flexibility index (Phi) is 5.85.